The molecule has 1 aliphatic rings. The minimum atomic E-state index is 0.214. The number of ether oxygens (including phenoxy) is 1. The minimum absolute atomic E-state index is 0.214. The third-order valence-electron chi connectivity index (χ3n) is 3.15. The normalized spacial score (nSPS) is 17.5. The van der Waals surface area contributed by atoms with Crippen molar-refractivity contribution in [3.63, 3.8) is 0 Å². The molecular weight excluding hydrogens is 186 g/mol. The first-order chi connectivity index (χ1) is 7.16. The van der Waals surface area contributed by atoms with Gasteiger partial charge in [-0.25, -0.2) is 0 Å². The van der Waals surface area contributed by atoms with Gasteiger partial charge in [0.05, 0.1) is 0 Å². The summed E-state index contributed by atoms with van der Waals surface area (Å²) in [5.74, 6) is 1.64. The summed E-state index contributed by atoms with van der Waals surface area (Å²) < 4.78 is 5.68. The summed E-state index contributed by atoms with van der Waals surface area (Å²) >= 11 is 0. The van der Waals surface area contributed by atoms with E-state index in [4.69, 9.17) is 10.5 Å². The van der Waals surface area contributed by atoms with Crippen LogP contribution in [0.25, 0.3) is 0 Å². The van der Waals surface area contributed by atoms with Crippen LogP contribution < -0.4 is 10.5 Å². The molecule has 0 radical (unpaired) electrons. The predicted molar refractivity (Wildman–Crippen MR) is 62.1 cm³/mol. The summed E-state index contributed by atoms with van der Waals surface area (Å²) in [6.45, 7) is 4.85. The molecule has 0 aromatic heterocycles. The van der Waals surface area contributed by atoms with Crippen LogP contribution in [-0.2, 0) is 0 Å². The molecule has 1 fully saturated rings. The Hall–Kier alpha value is -1.02. The van der Waals surface area contributed by atoms with Crippen LogP contribution >= 0.6 is 0 Å². The van der Waals surface area contributed by atoms with Crippen LogP contribution in [0.3, 0.4) is 0 Å². The standard InChI is InChI=1S/C13H19NO/c1-9-3-6-12(7-10(9)2)15-8-13(14)11-4-5-11/h3,6-7,11,13H,4-5,8,14H2,1-2H3/t13-/m0/s1. The van der Waals surface area contributed by atoms with E-state index in [0.717, 1.165) is 5.75 Å². The predicted octanol–water partition coefficient (Wildman–Crippen LogP) is 2.42. The fourth-order valence-electron chi connectivity index (χ4n) is 1.66. The molecule has 1 atom stereocenters. The van der Waals surface area contributed by atoms with Crippen LogP contribution in [0.4, 0.5) is 0 Å². The second-order valence-corrected chi connectivity index (χ2v) is 4.56. The Morgan fingerprint density at radius 3 is 2.67 bits per heavy atom. The van der Waals surface area contributed by atoms with Gasteiger partial charge in [0.15, 0.2) is 0 Å². The molecule has 15 heavy (non-hydrogen) atoms. The number of benzene rings is 1. The molecule has 1 saturated carbocycles. The van der Waals surface area contributed by atoms with Crippen LogP contribution in [0.5, 0.6) is 5.75 Å². The second-order valence-electron chi connectivity index (χ2n) is 4.56. The molecule has 2 N–H and O–H groups in total. The molecule has 2 heteroatoms. The van der Waals surface area contributed by atoms with Gasteiger partial charge < -0.3 is 10.5 Å². The number of aryl methyl sites for hydroxylation is 2. The Morgan fingerprint density at radius 2 is 2.07 bits per heavy atom. The largest absolute Gasteiger partial charge is 0.492 e. The van der Waals surface area contributed by atoms with Crippen molar-refractivity contribution in [2.75, 3.05) is 6.61 Å². The molecule has 0 bridgehead atoms. The number of hydrogen-bond donors (Lipinski definition) is 1. The third kappa shape index (κ3) is 2.72. The zero-order valence-electron chi connectivity index (χ0n) is 9.49. The summed E-state index contributed by atoms with van der Waals surface area (Å²) in [4.78, 5) is 0. The molecule has 1 aromatic carbocycles. The molecule has 1 aliphatic carbocycles. The van der Waals surface area contributed by atoms with Crippen molar-refractivity contribution in [2.24, 2.45) is 11.7 Å². The van der Waals surface area contributed by atoms with E-state index >= 15 is 0 Å². The average molecular weight is 205 g/mol. The molecule has 2 rings (SSSR count). The highest BCUT2D eigenvalue weighted by molar-refractivity contribution is 5.33. The lowest BCUT2D eigenvalue weighted by atomic mass is 10.1. The summed E-state index contributed by atoms with van der Waals surface area (Å²) in [5, 5.41) is 0. The van der Waals surface area contributed by atoms with Crippen molar-refractivity contribution in [3.05, 3.63) is 29.3 Å². The van der Waals surface area contributed by atoms with Gasteiger partial charge in [-0.05, 0) is 55.9 Å². The highest BCUT2D eigenvalue weighted by Crippen LogP contribution is 2.31. The maximum absolute atomic E-state index is 5.97. The topological polar surface area (TPSA) is 35.2 Å². The third-order valence-corrected chi connectivity index (χ3v) is 3.15. The van der Waals surface area contributed by atoms with Crippen LogP contribution in [0, 0.1) is 19.8 Å². The first-order valence-electron chi connectivity index (χ1n) is 5.62. The Kier molecular flexibility index (Phi) is 2.96. The molecule has 2 nitrogen and oxygen atoms in total. The van der Waals surface area contributed by atoms with Crippen LogP contribution in [0.2, 0.25) is 0 Å². The quantitative estimate of drug-likeness (QED) is 0.819. The SMILES string of the molecule is Cc1ccc(OC[C@H](N)C2CC2)cc1C. The zero-order chi connectivity index (χ0) is 10.8. The van der Waals surface area contributed by atoms with Crippen LogP contribution in [-0.4, -0.2) is 12.6 Å². The summed E-state index contributed by atoms with van der Waals surface area (Å²) in [5.41, 5.74) is 8.54. The monoisotopic (exact) mass is 205 g/mol. The number of hydrogen-bond acceptors (Lipinski definition) is 2. The van der Waals surface area contributed by atoms with Gasteiger partial charge in [0.2, 0.25) is 0 Å². The average Bonchev–Trinajstić information content (AvgIpc) is 3.03. The van der Waals surface area contributed by atoms with E-state index in [1.165, 1.54) is 24.0 Å². The summed E-state index contributed by atoms with van der Waals surface area (Å²) in [7, 11) is 0. The van der Waals surface area contributed by atoms with Crippen molar-refractivity contribution in [2.45, 2.75) is 32.7 Å². The van der Waals surface area contributed by atoms with Crippen molar-refractivity contribution < 1.29 is 4.74 Å². The molecule has 0 amide bonds. The fraction of sp³-hybridized carbons (Fsp3) is 0.538. The molecule has 0 heterocycles. The molecular formula is C13H19NO. The summed E-state index contributed by atoms with van der Waals surface area (Å²) in [6, 6.07) is 6.40. The van der Waals surface area contributed by atoms with Crippen molar-refractivity contribution in [3.8, 4) is 5.75 Å². The lowest BCUT2D eigenvalue weighted by molar-refractivity contribution is 0.276. The van der Waals surface area contributed by atoms with Crippen molar-refractivity contribution >= 4 is 0 Å². The number of nitrogens with two attached hydrogens (primary N) is 1. The Balaban J connectivity index is 1.89. The van der Waals surface area contributed by atoms with E-state index in [1.807, 2.05) is 6.07 Å². The molecule has 0 spiro atoms. The minimum Gasteiger partial charge on any atom is -0.492 e. The van der Waals surface area contributed by atoms with Crippen molar-refractivity contribution in [1.29, 1.82) is 0 Å². The first kappa shape index (κ1) is 10.5. The molecule has 0 aliphatic heterocycles. The lowest BCUT2D eigenvalue weighted by Gasteiger charge is -2.13. The van der Waals surface area contributed by atoms with E-state index in [0.29, 0.717) is 12.5 Å². The molecule has 82 valence electrons. The zero-order valence-corrected chi connectivity index (χ0v) is 9.49. The van der Waals surface area contributed by atoms with Crippen LogP contribution in [0.1, 0.15) is 24.0 Å². The second kappa shape index (κ2) is 4.23. The molecule has 0 saturated heterocycles. The van der Waals surface area contributed by atoms with Gasteiger partial charge in [0, 0.05) is 6.04 Å². The van der Waals surface area contributed by atoms with Gasteiger partial charge in [0.25, 0.3) is 0 Å². The van der Waals surface area contributed by atoms with E-state index < -0.39 is 0 Å². The Bertz CT molecular complexity index is 344. The molecule has 1 aromatic rings. The van der Waals surface area contributed by atoms with Gasteiger partial charge in [0.1, 0.15) is 12.4 Å². The first-order valence-corrected chi connectivity index (χ1v) is 5.62. The van der Waals surface area contributed by atoms with E-state index in [-0.39, 0.29) is 6.04 Å². The van der Waals surface area contributed by atoms with Gasteiger partial charge in [-0.15, -0.1) is 0 Å². The van der Waals surface area contributed by atoms with Crippen LogP contribution in [0.15, 0.2) is 18.2 Å². The Morgan fingerprint density at radius 1 is 1.33 bits per heavy atom. The molecule has 0 unspecified atom stereocenters. The fourth-order valence-corrected chi connectivity index (χ4v) is 1.66. The van der Waals surface area contributed by atoms with Gasteiger partial charge in [-0.1, -0.05) is 6.07 Å². The van der Waals surface area contributed by atoms with Gasteiger partial charge in [-0.3, -0.25) is 0 Å². The number of rotatable bonds is 4. The maximum Gasteiger partial charge on any atom is 0.119 e. The van der Waals surface area contributed by atoms with E-state index in [1.54, 1.807) is 0 Å². The highest BCUT2D eigenvalue weighted by atomic mass is 16.5. The maximum atomic E-state index is 5.97. The van der Waals surface area contributed by atoms with E-state index in [9.17, 15) is 0 Å². The summed E-state index contributed by atoms with van der Waals surface area (Å²) in [6.07, 6.45) is 2.55. The van der Waals surface area contributed by atoms with Gasteiger partial charge in [-0.2, -0.15) is 0 Å². The van der Waals surface area contributed by atoms with Crippen molar-refractivity contribution in [1.82, 2.24) is 0 Å². The van der Waals surface area contributed by atoms with Gasteiger partial charge >= 0.3 is 0 Å². The smallest absolute Gasteiger partial charge is 0.119 e. The van der Waals surface area contributed by atoms with E-state index in [2.05, 4.69) is 26.0 Å². The lowest BCUT2D eigenvalue weighted by Crippen LogP contribution is -2.29. The Labute approximate surface area is 91.4 Å². The highest BCUT2D eigenvalue weighted by Gasteiger charge is 2.28.